The Morgan fingerprint density at radius 1 is 1.75 bits per heavy atom. The molecule has 0 amide bonds. The Balaban J connectivity index is 2.89. The van der Waals surface area contributed by atoms with E-state index in [-0.39, 0.29) is 6.42 Å². The van der Waals surface area contributed by atoms with E-state index < -0.39 is 5.97 Å². The Hall–Kier alpha value is -1.58. The first-order valence-electron chi connectivity index (χ1n) is 3.42. The molecular weight excluding hydrogens is 158 g/mol. The van der Waals surface area contributed by atoms with Crippen LogP contribution in [0.5, 0.6) is 5.75 Å². The fourth-order valence-electron chi connectivity index (χ4n) is 0.902. The zero-order chi connectivity index (χ0) is 8.97. The minimum atomic E-state index is -0.875. The van der Waals surface area contributed by atoms with Gasteiger partial charge in [0.1, 0.15) is 5.75 Å². The second kappa shape index (κ2) is 3.71. The second-order valence-corrected chi connectivity index (χ2v) is 2.26. The molecule has 0 saturated carbocycles. The van der Waals surface area contributed by atoms with Crippen molar-refractivity contribution in [1.82, 2.24) is 4.98 Å². The van der Waals surface area contributed by atoms with Crippen LogP contribution in [0.1, 0.15) is 5.56 Å². The summed E-state index contributed by atoms with van der Waals surface area (Å²) in [6, 6.07) is 1.63. The summed E-state index contributed by atoms with van der Waals surface area (Å²) in [4.78, 5) is 14.2. The monoisotopic (exact) mass is 167 g/mol. The molecule has 0 aromatic carbocycles. The molecule has 1 N–H and O–H groups in total. The summed E-state index contributed by atoms with van der Waals surface area (Å²) < 4.78 is 4.92. The molecule has 4 nitrogen and oxygen atoms in total. The molecule has 0 fully saturated rings. The molecule has 12 heavy (non-hydrogen) atoms. The van der Waals surface area contributed by atoms with E-state index in [1.807, 2.05) is 0 Å². The van der Waals surface area contributed by atoms with Crippen LogP contribution in [0.3, 0.4) is 0 Å². The van der Waals surface area contributed by atoms with Gasteiger partial charge in [0.05, 0.1) is 19.7 Å². The quantitative estimate of drug-likeness (QED) is 0.720. The number of pyridine rings is 1. The fraction of sp³-hybridized carbons (Fsp3) is 0.250. The first kappa shape index (κ1) is 8.52. The number of hydrogen-bond donors (Lipinski definition) is 1. The van der Waals surface area contributed by atoms with Crippen LogP contribution in [-0.4, -0.2) is 23.2 Å². The highest BCUT2D eigenvalue weighted by atomic mass is 16.5. The van der Waals surface area contributed by atoms with Crippen molar-refractivity contribution >= 4 is 5.97 Å². The molecule has 0 aliphatic carbocycles. The molecule has 1 aromatic rings. The van der Waals surface area contributed by atoms with Crippen molar-refractivity contribution in [2.45, 2.75) is 6.42 Å². The van der Waals surface area contributed by atoms with Gasteiger partial charge in [-0.15, -0.1) is 0 Å². The van der Waals surface area contributed by atoms with Gasteiger partial charge in [0.25, 0.3) is 0 Å². The maximum Gasteiger partial charge on any atom is 0.307 e. The molecule has 4 heteroatoms. The number of ether oxygens (including phenoxy) is 1. The van der Waals surface area contributed by atoms with Crippen LogP contribution in [0.25, 0.3) is 0 Å². The van der Waals surface area contributed by atoms with Gasteiger partial charge in [-0.25, -0.2) is 0 Å². The highest BCUT2D eigenvalue weighted by Gasteiger charge is 2.05. The van der Waals surface area contributed by atoms with Crippen LogP contribution in [0.4, 0.5) is 0 Å². The lowest BCUT2D eigenvalue weighted by molar-refractivity contribution is -0.136. The van der Waals surface area contributed by atoms with Crippen LogP contribution < -0.4 is 4.74 Å². The molecule has 0 aliphatic heterocycles. The van der Waals surface area contributed by atoms with Gasteiger partial charge in [0.15, 0.2) is 0 Å². The topological polar surface area (TPSA) is 59.4 Å². The zero-order valence-corrected chi connectivity index (χ0v) is 6.65. The highest BCUT2D eigenvalue weighted by molar-refractivity contribution is 5.71. The molecule has 0 radical (unpaired) electrons. The number of hydrogen-bond acceptors (Lipinski definition) is 3. The Kier molecular flexibility index (Phi) is 2.63. The van der Waals surface area contributed by atoms with Crippen LogP contribution in [0.2, 0.25) is 0 Å². The SMILES string of the molecule is COc1cnccc1CC(=O)O. The summed E-state index contributed by atoms with van der Waals surface area (Å²) in [5.41, 5.74) is 0.639. The van der Waals surface area contributed by atoms with E-state index >= 15 is 0 Å². The molecule has 1 heterocycles. The molecule has 1 aromatic heterocycles. The van der Waals surface area contributed by atoms with E-state index in [4.69, 9.17) is 9.84 Å². The smallest absolute Gasteiger partial charge is 0.307 e. The maximum atomic E-state index is 10.4. The summed E-state index contributed by atoms with van der Waals surface area (Å²) in [5, 5.41) is 8.51. The molecular formula is C8H9NO3. The van der Waals surface area contributed by atoms with Crippen molar-refractivity contribution < 1.29 is 14.6 Å². The van der Waals surface area contributed by atoms with Crippen molar-refractivity contribution in [3.63, 3.8) is 0 Å². The molecule has 0 aliphatic rings. The minimum absolute atomic E-state index is 0.0360. The third kappa shape index (κ3) is 1.95. The van der Waals surface area contributed by atoms with Gasteiger partial charge in [-0.05, 0) is 6.07 Å². The molecule has 64 valence electrons. The Bertz CT molecular complexity index is 285. The summed E-state index contributed by atoms with van der Waals surface area (Å²) in [5.74, 6) is -0.362. The van der Waals surface area contributed by atoms with E-state index in [1.54, 1.807) is 12.3 Å². The number of aliphatic carboxylic acids is 1. The normalized spacial score (nSPS) is 9.42. The zero-order valence-electron chi connectivity index (χ0n) is 6.65. The average Bonchev–Trinajstić information content (AvgIpc) is 2.04. The third-order valence-corrected chi connectivity index (χ3v) is 1.43. The van der Waals surface area contributed by atoms with Crippen molar-refractivity contribution in [3.8, 4) is 5.75 Å². The molecule has 0 saturated heterocycles. The van der Waals surface area contributed by atoms with Gasteiger partial charge in [0, 0.05) is 11.8 Å². The number of carbonyl (C=O) groups is 1. The standard InChI is InChI=1S/C8H9NO3/c1-12-7-5-9-3-2-6(7)4-8(10)11/h2-3,5H,4H2,1H3,(H,10,11). The Morgan fingerprint density at radius 2 is 2.50 bits per heavy atom. The van der Waals surface area contributed by atoms with Crippen molar-refractivity contribution in [2.75, 3.05) is 7.11 Å². The number of aromatic nitrogens is 1. The largest absolute Gasteiger partial charge is 0.495 e. The number of carboxylic acids is 1. The van der Waals surface area contributed by atoms with E-state index in [2.05, 4.69) is 4.98 Å². The Morgan fingerprint density at radius 3 is 3.08 bits per heavy atom. The predicted octanol–water partition coefficient (Wildman–Crippen LogP) is 0.717. The summed E-state index contributed by atoms with van der Waals surface area (Å²) in [6.07, 6.45) is 3.00. The van der Waals surface area contributed by atoms with Crippen molar-refractivity contribution in [1.29, 1.82) is 0 Å². The van der Waals surface area contributed by atoms with Crippen LogP contribution in [-0.2, 0) is 11.2 Å². The van der Waals surface area contributed by atoms with Crippen molar-refractivity contribution in [2.24, 2.45) is 0 Å². The lowest BCUT2D eigenvalue weighted by atomic mass is 10.2. The Labute approximate surface area is 69.8 Å². The number of methoxy groups -OCH3 is 1. The minimum Gasteiger partial charge on any atom is -0.495 e. The van der Waals surface area contributed by atoms with Gasteiger partial charge < -0.3 is 9.84 Å². The van der Waals surface area contributed by atoms with Crippen molar-refractivity contribution in [3.05, 3.63) is 24.0 Å². The van der Waals surface area contributed by atoms with E-state index in [0.717, 1.165) is 0 Å². The lowest BCUT2D eigenvalue weighted by Crippen LogP contribution is -2.02. The number of rotatable bonds is 3. The van der Waals surface area contributed by atoms with Gasteiger partial charge in [0.2, 0.25) is 0 Å². The summed E-state index contributed by atoms with van der Waals surface area (Å²) in [7, 11) is 1.49. The first-order valence-corrected chi connectivity index (χ1v) is 3.42. The fourth-order valence-corrected chi connectivity index (χ4v) is 0.902. The van der Waals surface area contributed by atoms with E-state index in [0.29, 0.717) is 11.3 Å². The summed E-state index contributed by atoms with van der Waals surface area (Å²) in [6.45, 7) is 0. The predicted molar refractivity (Wildman–Crippen MR) is 42.1 cm³/mol. The number of carboxylic acid groups (broad SMARTS) is 1. The van der Waals surface area contributed by atoms with Crippen LogP contribution >= 0.6 is 0 Å². The molecule has 0 bridgehead atoms. The average molecular weight is 167 g/mol. The maximum absolute atomic E-state index is 10.4. The molecule has 0 spiro atoms. The van der Waals surface area contributed by atoms with Crippen LogP contribution in [0, 0.1) is 0 Å². The van der Waals surface area contributed by atoms with Gasteiger partial charge in [-0.1, -0.05) is 0 Å². The summed E-state index contributed by atoms with van der Waals surface area (Å²) >= 11 is 0. The second-order valence-electron chi connectivity index (χ2n) is 2.26. The van der Waals surface area contributed by atoms with E-state index in [1.165, 1.54) is 13.3 Å². The molecule has 0 unspecified atom stereocenters. The van der Waals surface area contributed by atoms with Gasteiger partial charge >= 0.3 is 5.97 Å². The van der Waals surface area contributed by atoms with Crippen LogP contribution in [0.15, 0.2) is 18.5 Å². The van der Waals surface area contributed by atoms with Gasteiger partial charge in [-0.3, -0.25) is 9.78 Å². The lowest BCUT2D eigenvalue weighted by Gasteiger charge is -2.03. The molecule has 0 atom stereocenters. The third-order valence-electron chi connectivity index (χ3n) is 1.43. The molecule has 1 rings (SSSR count). The number of nitrogens with zero attached hydrogens (tertiary/aromatic N) is 1. The van der Waals surface area contributed by atoms with E-state index in [9.17, 15) is 4.79 Å². The highest BCUT2D eigenvalue weighted by Crippen LogP contribution is 2.15. The first-order chi connectivity index (χ1) is 5.74. The van der Waals surface area contributed by atoms with Gasteiger partial charge in [-0.2, -0.15) is 0 Å².